The van der Waals surface area contributed by atoms with Crippen LogP contribution >= 0.6 is 12.2 Å². The van der Waals surface area contributed by atoms with Crippen LogP contribution in [0.2, 0.25) is 0 Å². The Morgan fingerprint density at radius 1 is 1.28 bits per heavy atom. The summed E-state index contributed by atoms with van der Waals surface area (Å²) in [6, 6.07) is 8.22. The highest BCUT2D eigenvalue weighted by molar-refractivity contribution is 7.80. The van der Waals surface area contributed by atoms with E-state index in [1.54, 1.807) is 0 Å². The van der Waals surface area contributed by atoms with Gasteiger partial charge in [0.2, 0.25) is 0 Å². The van der Waals surface area contributed by atoms with Crippen LogP contribution in [-0.4, -0.2) is 11.6 Å². The molecule has 1 aromatic carbocycles. The average molecular weight is 265 g/mol. The van der Waals surface area contributed by atoms with E-state index >= 15 is 0 Å². The molecule has 1 aromatic rings. The van der Waals surface area contributed by atoms with E-state index in [0.29, 0.717) is 4.99 Å². The standard InChI is InChI=1S/C15H23NOS/c1-3-4-5-10-17-14-8-6-13(7-9-14)11-12(2)15(16)18/h6-9,12H,3-5,10-11H2,1-2H3,(H2,16,18). The van der Waals surface area contributed by atoms with Crippen molar-refractivity contribution in [2.24, 2.45) is 11.7 Å². The summed E-state index contributed by atoms with van der Waals surface area (Å²) < 4.78 is 5.67. The third-order valence-electron chi connectivity index (χ3n) is 2.97. The van der Waals surface area contributed by atoms with Gasteiger partial charge >= 0.3 is 0 Å². The molecule has 0 spiro atoms. The van der Waals surface area contributed by atoms with Gasteiger partial charge in [-0.1, -0.05) is 51.0 Å². The minimum Gasteiger partial charge on any atom is -0.494 e. The van der Waals surface area contributed by atoms with Gasteiger partial charge in [-0.3, -0.25) is 0 Å². The normalized spacial score (nSPS) is 12.1. The van der Waals surface area contributed by atoms with Crippen LogP contribution < -0.4 is 10.5 Å². The monoisotopic (exact) mass is 265 g/mol. The number of nitrogens with two attached hydrogens (primary N) is 1. The van der Waals surface area contributed by atoms with Gasteiger partial charge in [-0.15, -0.1) is 0 Å². The smallest absolute Gasteiger partial charge is 0.119 e. The average Bonchev–Trinajstić information content (AvgIpc) is 2.36. The summed E-state index contributed by atoms with van der Waals surface area (Å²) in [5, 5.41) is 0. The van der Waals surface area contributed by atoms with Crippen molar-refractivity contribution in [3.8, 4) is 5.75 Å². The second-order valence-electron chi connectivity index (χ2n) is 4.71. The van der Waals surface area contributed by atoms with Crippen molar-refractivity contribution in [2.75, 3.05) is 6.61 Å². The number of hydrogen-bond donors (Lipinski definition) is 1. The molecule has 0 aliphatic carbocycles. The van der Waals surface area contributed by atoms with E-state index in [-0.39, 0.29) is 5.92 Å². The van der Waals surface area contributed by atoms with Gasteiger partial charge in [-0.25, -0.2) is 0 Å². The third kappa shape index (κ3) is 5.50. The highest BCUT2D eigenvalue weighted by Gasteiger charge is 2.06. The highest BCUT2D eigenvalue weighted by Crippen LogP contribution is 2.15. The minimum atomic E-state index is 0.247. The van der Waals surface area contributed by atoms with E-state index < -0.39 is 0 Å². The highest BCUT2D eigenvalue weighted by atomic mass is 32.1. The molecule has 3 heteroatoms. The fraction of sp³-hybridized carbons (Fsp3) is 0.533. The largest absolute Gasteiger partial charge is 0.494 e. The van der Waals surface area contributed by atoms with E-state index in [1.165, 1.54) is 18.4 Å². The maximum absolute atomic E-state index is 5.67. The van der Waals surface area contributed by atoms with Gasteiger partial charge in [0.1, 0.15) is 5.75 Å². The zero-order valence-electron chi connectivity index (χ0n) is 11.3. The molecule has 0 aliphatic heterocycles. The lowest BCUT2D eigenvalue weighted by molar-refractivity contribution is 0.306. The van der Waals surface area contributed by atoms with Gasteiger partial charge < -0.3 is 10.5 Å². The summed E-state index contributed by atoms with van der Waals surface area (Å²) in [4.78, 5) is 0.579. The van der Waals surface area contributed by atoms with E-state index in [9.17, 15) is 0 Å². The number of hydrogen-bond acceptors (Lipinski definition) is 2. The van der Waals surface area contributed by atoms with Gasteiger partial charge in [-0.2, -0.15) is 0 Å². The lowest BCUT2D eigenvalue weighted by Crippen LogP contribution is -2.20. The van der Waals surface area contributed by atoms with Gasteiger partial charge in [0.05, 0.1) is 11.6 Å². The summed E-state index contributed by atoms with van der Waals surface area (Å²) in [6.45, 7) is 5.05. The zero-order valence-corrected chi connectivity index (χ0v) is 12.1. The Morgan fingerprint density at radius 3 is 2.50 bits per heavy atom. The Bertz CT molecular complexity index is 361. The lowest BCUT2D eigenvalue weighted by atomic mass is 10.0. The summed E-state index contributed by atoms with van der Waals surface area (Å²) >= 11 is 4.98. The predicted molar refractivity (Wildman–Crippen MR) is 81.1 cm³/mol. The minimum absolute atomic E-state index is 0.247. The first-order chi connectivity index (χ1) is 8.63. The topological polar surface area (TPSA) is 35.2 Å². The fourth-order valence-electron chi connectivity index (χ4n) is 1.72. The van der Waals surface area contributed by atoms with Crippen LogP contribution in [0, 0.1) is 5.92 Å². The molecule has 18 heavy (non-hydrogen) atoms. The van der Waals surface area contributed by atoms with E-state index in [0.717, 1.165) is 25.2 Å². The van der Waals surface area contributed by atoms with Crippen LogP contribution in [0.5, 0.6) is 5.75 Å². The molecule has 0 bridgehead atoms. The predicted octanol–water partition coefficient (Wildman–Crippen LogP) is 3.72. The van der Waals surface area contributed by atoms with Crippen molar-refractivity contribution in [2.45, 2.75) is 39.5 Å². The molecule has 2 N–H and O–H groups in total. The SMILES string of the molecule is CCCCCOc1ccc(CC(C)C(N)=S)cc1. The zero-order chi connectivity index (χ0) is 13.4. The molecule has 0 saturated heterocycles. The first-order valence-corrected chi connectivity index (χ1v) is 7.05. The molecule has 0 amide bonds. The molecule has 0 heterocycles. The van der Waals surface area contributed by atoms with E-state index in [4.69, 9.17) is 22.7 Å². The van der Waals surface area contributed by atoms with Crippen LogP contribution in [0.3, 0.4) is 0 Å². The summed E-state index contributed by atoms with van der Waals surface area (Å²) in [6.07, 6.45) is 4.46. The molecule has 0 fully saturated rings. The number of unbranched alkanes of at least 4 members (excludes halogenated alkanes) is 2. The lowest BCUT2D eigenvalue weighted by Gasteiger charge is -2.10. The number of thiocarbonyl (C=S) groups is 1. The van der Waals surface area contributed by atoms with E-state index in [1.807, 2.05) is 12.1 Å². The van der Waals surface area contributed by atoms with Crippen LogP contribution in [-0.2, 0) is 6.42 Å². The Morgan fingerprint density at radius 2 is 1.94 bits per heavy atom. The van der Waals surface area contributed by atoms with Crippen LogP contribution in [0.4, 0.5) is 0 Å². The molecule has 0 aromatic heterocycles. The maximum atomic E-state index is 5.67. The van der Waals surface area contributed by atoms with Crippen LogP contribution in [0.25, 0.3) is 0 Å². The van der Waals surface area contributed by atoms with Crippen molar-refractivity contribution >= 4 is 17.2 Å². The quantitative estimate of drug-likeness (QED) is 0.575. The molecule has 1 unspecified atom stereocenters. The van der Waals surface area contributed by atoms with Gasteiger partial charge in [0.15, 0.2) is 0 Å². The summed E-state index contributed by atoms with van der Waals surface area (Å²) in [5.74, 6) is 1.19. The molecule has 0 aliphatic rings. The molecule has 0 saturated carbocycles. The number of benzene rings is 1. The van der Waals surface area contributed by atoms with Crippen molar-refractivity contribution in [3.05, 3.63) is 29.8 Å². The van der Waals surface area contributed by atoms with Crippen LogP contribution in [0.1, 0.15) is 38.7 Å². The first-order valence-electron chi connectivity index (χ1n) is 6.64. The Labute approximate surface area is 116 Å². The van der Waals surface area contributed by atoms with E-state index in [2.05, 4.69) is 26.0 Å². The van der Waals surface area contributed by atoms with Crippen molar-refractivity contribution < 1.29 is 4.74 Å². The molecular weight excluding hydrogens is 242 g/mol. The third-order valence-corrected chi connectivity index (χ3v) is 3.37. The van der Waals surface area contributed by atoms with Gasteiger partial charge in [0, 0.05) is 5.92 Å². The van der Waals surface area contributed by atoms with Gasteiger partial charge in [0.25, 0.3) is 0 Å². The second-order valence-corrected chi connectivity index (χ2v) is 5.18. The Kier molecular flexibility index (Phi) is 6.73. The molecule has 1 rings (SSSR count). The van der Waals surface area contributed by atoms with Crippen molar-refractivity contribution in [1.29, 1.82) is 0 Å². The number of ether oxygens (including phenoxy) is 1. The number of rotatable bonds is 8. The molecule has 0 radical (unpaired) electrons. The first kappa shape index (κ1) is 15.0. The fourth-order valence-corrected chi connectivity index (χ4v) is 1.80. The molecule has 2 nitrogen and oxygen atoms in total. The Hall–Kier alpha value is -1.09. The van der Waals surface area contributed by atoms with Crippen molar-refractivity contribution in [1.82, 2.24) is 0 Å². The summed E-state index contributed by atoms with van der Waals surface area (Å²) in [5.41, 5.74) is 6.86. The molecular formula is C15H23NOS. The summed E-state index contributed by atoms with van der Waals surface area (Å²) in [7, 11) is 0. The maximum Gasteiger partial charge on any atom is 0.119 e. The van der Waals surface area contributed by atoms with Crippen LogP contribution in [0.15, 0.2) is 24.3 Å². The van der Waals surface area contributed by atoms with Crippen molar-refractivity contribution in [3.63, 3.8) is 0 Å². The van der Waals surface area contributed by atoms with Gasteiger partial charge in [-0.05, 0) is 30.5 Å². The second kappa shape index (κ2) is 8.09. The Balaban J connectivity index is 2.40. The molecule has 100 valence electrons. The molecule has 1 atom stereocenters.